The maximum Gasteiger partial charge on any atom is 0.673 e. The molecule has 7 heteroatoms. The molecule has 0 aliphatic heterocycles. The van der Waals surface area contributed by atoms with E-state index in [2.05, 4.69) is 22.6 Å². The number of benzene rings is 2. The molecule has 0 aromatic heterocycles. The summed E-state index contributed by atoms with van der Waals surface area (Å²) in [6.45, 7) is 0. The van der Waals surface area contributed by atoms with E-state index in [0.29, 0.717) is 0 Å². The number of hydrogen-bond acceptors (Lipinski definition) is 1. The summed E-state index contributed by atoms with van der Waals surface area (Å²) in [5.41, 5.74) is 0. The molecule has 1 nitrogen and oxygen atoms in total. The predicted octanol–water partition coefficient (Wildman–Crippen LogP) is 5.38. The first-order chi connectivity index (χ1) is 8.84. The van der Waals surface area contributed by atoms with E-state index in [4.69, 9.17) is 4.74 Å². The Hall–Kier alpha value is -1.25. The fraction of sp³-hybridized carbons (Fsp3) is 0. The third kappa shape index (κ3) is 8.47. The van der Waals surface area contributed by atoms with Gasteiger partial charge in [-0.3, -0.25) is 0 Å². The van der Waals surface area contributed by atoms with Crippen molar-refractivity contribution in [2.45, 2.75) is 0 Å². The molecule has 0 heterocycles. The number of halogens is 5. The van der Waals surface area contributed by atoms with Crippen LogP contribution in [0.4, 0.5) is 17.3 Å². The van der Waals surface area contributed by atoms with Crippen LogP contribution in [0.5, 0.6) is 11.5 Å². The molecule has 2 aromatic carbocycles. The third-order valence-corrected chi connectivity index (χ3v) is 2.51. The van der Waals surface area contributed by atoms with Crippen molar-refractivity contribution in [2.75, 3.05) is 0 Å². The van der Waals surface area contributed by atoms with Crippen LogP contribution in [-0.2, 0) is 0 Å². The minimum Gasteiger partial charge on any atom is -0.457 e. The first kappa shape index (κ1) is 15.8. The van der Waals surface area contributed by atoms with E-state index in [1.807, 2.05) is 54.6 Å². The van der Waals surface area contributed by atoms with Crippen molar-refractivity contribution in [1.29, 1.82) is 0 Å². The largest absolute Gasteiger partial charge is 0.673 e. The molecule has 2 aromatic rings. The van der Waals surface area contributed by atoms with E-state index in [1.165, 1.54) is 3.57 Å². The van der Waals surface area contributed by atoms with Crippen LogP contribution in [-0.4, -0.2) is 7.25 Å². The van der Waals surface area contributed by atoms with Crippen LogP contribution in [0.1, 0.15) is 0 Å². The normalized spacial score (nSPS) is 10.4. The highest BCUT2D eigenvalue weighted by atomic mass is 127. The van der Waals surface area contributed by atoms with Gasteiger partial charge in [0.25, 0.3) is 0 Å². The fourth-order valence-corrected chi connectivity index (χ4v) is 1.49. The summed E-state index contributed by atoms with van der Waals surface area (Å²) in [5.74, 6) is 1.74. The van der Waals surface area contributed by atoms with Gasteiger partial charge in [0.1, 0.15) is 11.5 Å². The molecule has 0 amide bonds. The van der Waals surface area contributed by atoms with Gasteiger partial charge in [-0.25, -0.2) is 0 Å². The Balaban J connectivity index is 0.000000312. The van der Waals surface area contributed by atoms with Crippen LogP contribution in [0.25, 0.3) is 0 Å². The zero-order valence-corrected chi connectivity index (χ0v) is 11.7. The second-order valence-electron chi connectivity index (χ2n) is 3.36. The van der Waals surface area contributed by atoms with Gasteiger partial charge in [0.2, 0.25) is 0 Å². The van der Waals surface area contributed by atoms with Crippen molar-refractivity contribution in [2.24, 2.45) is 0 Å². The average molecular weight is 383 g/mol. The van der Waals surface area contributed by atoms with Crippen molar-refractivity contribution in [1.82, 2.24) is 0 Å². The van der Waals surface area contributed by atoms with Crippen molar-refractivity contribution in [3.63, 3.8) is 0 Å². The quantitative estimate of drug-likeness (QED) is 0.384. The van der Waals surface area contributed by atoms with Crippen molar-refractivity contribution >= 4 is 29.8 Å². The molecule has 0 fully saturated rings. The molecule has 0 aliphatic carbocycles. The summed E-state index contributed by atoms with van der Waals surface area (Å²) >= 11 is 2.27. The van der Waals surface area contributed by atoms with Gasteiger partial charge in [-0.05, 0) is 59.0 Å². The zero-order valence-electron chi connectivity index (χ0n) is 9.57. The fourth-order valence-electron chi connectivity index (χ4n) is 1.13. The van der Waals surface area contributed by atoms with Crippen LogP contribution < -0.4 is 4.74 Å². The highest BCUT2D eigenvalue weighted by Gasteiger charge is 2.20. The molecule has 0 radical (unpaired) electrons. The Labute approximate surface area is 121 Å². The lowest BCUT2D eigenvalue weighted by Gasteiger charge is -2.04. The van der Waals surface area contributed by atoms with E-state index in [9.17, 15) is 17.3 Å². The maximum atomic E-state index is 9.75. The first-order valence-electron chi connectivity index (χ1n) is 5.20. The van der Waals surface area contributed by atoms with E-state index in [1.54, 1.807) is 0 Å². The minimum absolute atomic E-state index is 0.869. The molecule has 0 saturated carbocycles. The van der Waals surface area contributed by atoms with Gasteiger partial charge >= 0.3 is 7.25 Å². The molecule has 2 rings (SSSR count). The SMILES string of the molecule is F[B-](F)(F)F.Ic1ccc(Oc2ccccc2)cc1. The molecule has 102 valence electrons. The van der Waals surface area contributed by atoms with Crippen LogP contribution in [0, 0.1) is 3.57 Å². The van der Waals surface area contributed by atoms with Crippen molar-refractivity contribution in [3.05, 3.63) is 58.2 Å². The summed E-state index contributed by atoms with van der Waals surface area (Å²) in [6, 6.07) is 17.8. The Morgan fingerprint density at radius 2 is 1.16 bits per heavy atom. The summed E-state index contributed by atoms with van der Waals surface area (Å²) in [6.07, 6.45) is 0. The number of para-hydroxylation sites is 1. The lowest BCUT2D eigenvalue weighted by Crippen LogP contribution is -2.02. The zero-order chi connectivity index (χ0) is 14.3. The Morgan fingerprint density at radius 3 is 1.63 bits per heavy atom. The molecule has 0 aliphatic rings. The van der Waals surface area contributed by atoms with Crippen LogP contribution >= 0.6 is 22.6 Å². The summed E-state index contributed by atoms with van der Waals surface area (Å²) in [5, 5.41) is 0. The Bertz CT molecular complexity index is 481. The van der Waals surface area contributed by atoms with Gasteiger partial charge in [0.05, 0.1) is 0 Å². The molecular weight excluding hydrogens is 374 g/mol. The lowest BCUT2D eigenvalue weighted by molar-refractivity contribution is 0.368. The topological polar surface area (TPSA) is 9.23 Å². The van der Waals surface area contributed by atoms with Crippen LogP contribution in [0.15, 0.2) is 54.6 Å². The molecule has 0 N–H and O–H groups in total. The monoisotopic (exact) mass is 383 g/mol. The van der Waals surface area contributed by atoms with E-state index < -0.39 is 7.25 Å². The molecular formula is C12H9BF4IO-. The van der Waals surface area contributed by atoms with Gasteiger partial charge in [-0.1, -0.05) is 18.2 Å². The van der Waals surface area contributed by atoms with Gasteiger partial charge < -0.3 is 22.0 Å². The molecule has 0 bridgehead atoms. The third-order valence-electron chi connectivity index (χ3n) is 1.79. The molecule has 0 saturated heterocycles. The summed E-state index contributed by atoms with van der Waals surface area (Å²) < 4.78 is 45.8. The second-order valence-corrected chi connectivity index (χ2v) is 4.61. The van der Waals surface area contributed by atoms with Gasteiger partial charge in [0.15, 0.2) is 0 Å². The summed E-state index contributed by atoms with van der Waals surface area (Å²) in [7, 11) is -6.00. The van der Waals surface area contributed by atoms with Crippen molar-refractivity contribution < 1.29 is 22.0 Å². The molecule has 19 heavy (non-hydrogen) atoms. The summed E-state index contributed by atoms with van der Waals surface area (Å²) in [4.78, 5) is 0. The number of ether oxygens (including phenoxy) is 1. The predicted molar refractivity (Wildman–Crippen MR) is 75.9 cm³/mol. The smallest absolute Gasteiger partial charge is 0.457 e. The van der Waals surface area contributed by atoms with E-state index in [-0.39, 0.29) is 0 Å². The Kier molecular flexibility index (Phi) is 6.13. The first-order valence-corrected chi connectivity index (χ1v) is 6.28. The number of rotatable bonds is 2. The molecule has 0 atom stereocenters. The second kappa shape index (κ2) is 7.37. The molecule has 0 unspecified atom stereocenters. The average Bonchev–Trinajstić information content (AvgIpc) is 2.31. The highest BCUT2D eigenvalue weighted by Crippen LogP contribution is 2.21. The van der Waals surface area contributed by atoms with Gasteiger partial charge in [-0.2, -0.15) is 0 Å². The lowest BCUT2D eigenvalue weighted by atomic mass is 10.3. The Morgan fingerprint density at radius 1 is 0.737 bits per heavy atom. The van der Waals surface area contributed by atoms with E-state index in [0.717, 1.165) is 11.5 Å². The van der Waals surface area contributed by atoms with Crippen LogP contribution in [0.2, 0.25) is 0 Å². The number of hydrogen-bond donors (Lipinski definition) is 0. The maximum absolute atomic E-state index is 9.75. The van der Waals surface area contributed by atoms with Crippen LogP contribution in [0.3, 0.4) is 0 Å². The van der Waals surface area contributed by atoms with Gasteiger partial charge in [0, 0.05) is 3.57 Å². The standard InChI is InChI=1S/C12H9IO.BF4/c13-10-6-8-12(9-7-10)14-11-4-2-1-3-5-11;2-1(3,4)5/h1-9H;/q;-1. The van der Waals surface area contributed by atoms with Crippen molar-refractivity contribution in [3.8, 4) is 11.5 Å². The minimum atomic E-state index is -6.00. The van der Waals surface area contributed by atoms with Gasteiger partial charge in [-0.15, -0.1) is 0 Å². The van der Waals surface area contributed by atoms with E-state index >= 15 is 0 Å². The highest BCUT2D eigenvalue weighted by molar-refractivity contribution is 14.1. The molecule has 0 spiro atoms.